The number of phenols is 1. The summed E-state index contributed by atoms with van der Waals surface area (Å²) in [6.07, 6.45) is -0.692. The van der Waals surface area contributed by atoms with Gasteiger partial charge in [-0.1, -0.05) is 0 Å². The fraction of sp³-hybridized carbons (Fsp3) is 0.500. The first-order valence-electron chi connectivity index (χ1n) is 7.52. The lowest BCUT2D eigenvalue weighted by molar-refractivity contribution is -0.137. The summed E-state index contributed by atoms with van der Waals surface area (Å²) in [7, 11) is 2.78. The Bertz CT molecular complexity index is 683. The van der Waals surface area contributed by atoms with Crippen LogP contribution in [0.3, 0.4) is 0 Å². The molecule has 2 heterocycles. The number of benzene rings is 1. The molecule has 1 aromatic rings. The number of ether oxygens (including phenoxy) is 4. The highest BCUT2D eigenvalue weighted by Gasteiger charge is 2.46. The van der Waals surface area contributed by atoms with Gasteiger partial charge in [-0.3, -0.25) is 4.79 Å². The third kappa shape index (κ3) is 2.62. The first-order valence-corrected chi connectivity index (χ1v) is 7.52. The Morgan fingerprint density at radius 2 is 2.12 bits per heavy atom. The number of carbonyl (C=O) groups excluding carboxylic acids is 1. The van der Waals surface area contributed by atoms with Crippen LogP contribution in [0.15, 0.2) is 6.07 Å². The van der Waals surface area contributed by atoms with Crippen LogP contribution in [0.1, 0.15) is 41.3 Å². The van der Waals surface area contributed by atoms with E-state index in [9.17, 15) is 14.7 Å². The summed E-state index contributed by atoms with van der Waals surface area (Å²) in [5, 5.41) is 19.1. The van der Waals surface area contributed by atoms with Crippen LogP contribution in [0.25, 0.3) is 0 Å². The lowest BCUT2D eigenvalue weighted by Crippen LogP contribution is -2.29. The van der Waals surface area contributed by atoms with Crippen LogP contribution in [0.5, 0.6) is 17.2 Å². The molecular weight excluding hydrogens is 320 g/mol. The van der Waals surface area contributed by atoms with Crippen molar-refractivity contribution in [2.45, 2.75) is 37.6 Å². The van der Waals surface area contributed by atoms with E-state index in [0.29, 0.717) is 18.4 Å². The summed E-state index contributed by atoms with van der Waals surface area (Å²) in [5.41, 5.74) is 0.456. The van der Waals surface area contributed by atoms with Crippen LogP contribution in [0, 0.1) is 0 Å². The number of phenolic OH excluding ortho intramolecular Hbond substituents is 1. The number of methoxy groups -OCH3 is 2. The molecule has 0 saturated carbocycles. The number of rotatable bonds is 5. The summed E-state index contributed by atoms with van der Waals surface area (Å²) in [5.74, 6) is -1.60. The molecule has 0 spiro atoms. The molecule has 3 rings (SSSR count). The van der Waals surface area contributed by atoms with Gasteiger partial charge in [0.15, 0.2) is 11.5 Å². The minimum atomic E-state index is -0.907. The average Bonchev–Trinajstić information content (AvgIpc) is 2.95. The topological polar surface area (TPSA) is 112 Å². The van der Waals surface area contributed by atoms with E-state index in [-0.39, 0.29) is 35.3 Å². The minimum absolute atomic E-state index is 0.00668. The highest BCUT2D eigenvalue weighted by Crippen LogP contribution is 2.49. The Hall–Kier alpha value is -2.48. The second kappa shape index (κ2) is 6.20. The largest absolute Gasteiger partial charge is 0.504 e. The molecule has 3 atom stereocenters. The lowest BCUT2D eigenvalue weighted by Gasteiger charge is -2.28. The first kappa shape index (κ1) is 16.4. The first-order chi connectivity index (χ1) is 11.5. The van der Waals surface area contributed by atoms with Gasteiger partial charge in [-0.25, -0.2) is 4.79 Å². The average molecular weight is 338 g/mol. The predicted molar refractivity (Wildman–Crippen MR) is 79.5 cm³/mol. The van der Waals surface area contributed by atoms with Gasteiger partial charge in [0, 0.05) is 18.4 Å². The third-order valence-corrected chi connectivity index (χ3v) is 4.30. The van der Waals surface area contributed by atoms with Crippen molar-refractivity contribution in [2.75, 3.05) is 14.2 Å². The number of aromatic hydroxyl groups is 1. The van der Waals surface area contributed by atoms with Crippen LogP contribution in [0.2, 0.25) is 0 Å². The van der Waals surface area contributed by atoms with Gasteiger partial charge >= 0.3 is 11.9 Å². The molecule has 0 aromatic heterocycles. The SMILES string of the molecule is COc1cc2c(c(O)c1OC)C(=O)OC1CC(CCC(=O)O)OC21. The maximum atomic E-state index is 12.3. The lowest BCUT2D eigenvalue weighted by atomic mass is 9.93. The molecule has 0 aliphatic carbocycles. The Morgan fingerprint density at radius 1 is 1.38 bits per heavy atom. The van der Waals surface area contributed by atoms with Crippen molar-refractivity contribution in [1.82, 2.24) is 0 Å². The standard InChI is InChI=1S/C16H18O8/c1-21-9-6-8-12(13(19)15(9)22-2)16(20)24-10-5-7(23-14(8)10)3-4-11(17)18/h6-7,10,14,19H,3-5H2,1-2H3,(H,17,18). The fourth-order valence-electron chi connectivity index (χ4n) is 3.22. The van der Waals surface area contributed by atoms with Gasteiger partial charge in [0.25, 0.3) is 0 Å². The number of aliphatic carboxylic acids is 1. The van der Waals surface area contributed by atoms with Crippen molar-refractivity contribution in [3.8, 4) is 17.2 Å². The summed E-state index contributed by atoms with van der Waals surface area (Å²) in [6, 6.07) is 1.59. The predicted octanol–water partition coefficient (Wildman–Crippen LogP) is 1.64. The van der Waals surface area contributed by atoms with E-state index < -0.39 is 24.1 Å². The number of esters is 1. The monoisotopic (exact) mass is 338 g/mol. The van der Waals surface area contributed by atoms with E-state index in [2.05, 4.69) is 0 Å². The molecule has 2 aliphatic heterocycles. The van der Waals surface area contributed by atoms with E-state index in [4.69, 9.17) is 24.1 Å². The summed E-state index contributed by atoms with van der Waals surface area (Å²) in [6.45, 7) is 0. The van der Waals surface area contributed by atoms with E-state index in [1.807, 2.05) is 0 Å². The van der Waals surface area contributed by atoms with Crippen molar-refractivity contribution >= 4 is 11.9 Å². The molecule has 0 bridgehead atoms. The second-order valence-corrected chi connectivity index (χ2v) is 5.72. The smallest absolute Gasteiger partial charge is 0.342 e. The number of carboxylic acids is 1. The van der Waals surface area contributed by atoms with Gasteiger partial charge in [0.05, 0.1) is 20.3 Å². The zero-order valence-electron chi connectivity index (χ0n) is 13.3. The molecule has 0 radical (unpaired) electrons. The number of carboxylic acid groups (broad SMARTS) is 1. The number of hydrogen-bond donors (Lipinski definition) is 2. The Morgan fingerprint density at radius 3 is 2.75 bits per heavy atom. The highest BCUT2D eigenvalue weighted by atomic mass is 16.6. The molecule has 2 N–H and O–H groups in total. The Balaban J connectivity index is 1.96. The van der Waals surface area contributed by atoms with Crippen LogP contribution >= 0.6 is 0 Å². The Kier molecular flexibility index (Phi) is 4.23. The molecule has 0 amide bonds. The van der Waals surface area contributed by atoms with E-state index in [1.54, 1.807) is 6.07 Å². The van der Waals surface area contributed by atoms with Gasteiger partial charge in [-0.05, 0) is 12.5 Å². The molecule has 1 fully saturated rings. The van der Waals surface area contributed by atoms with Crippen molar-refractivity contribution in [2.24, 2.45) is 0 Å². The number of fused-ring (bicyclic) bond motifs is 3. The van der Waals surface area contributed by atoms with E-state index in [1.165, 1.54) is 14.2 Å². The molecule has 8 heteroatoms. The number of hydrogen-bond acceptors (Lipinski definition) is 7. The number of carbonyl (C=O) groups is 2. The summed E-state index contributed by atoms with van der Waals surface area (Å²) >= 11 is 0. The highest BCUT2D eigenvalue weighted by molar-refractivity contribution is 5.97. The van der Waals surface area contributed by atoms with Crippen molar-refractivity contribution in [3.63, 3.8) is 0 Å². The maximum Gasteiger partial charge on any atom is 0.342 e. The normalized spacial score (nSPS) is 24.8. The van der Waals surface area contributed by atoms with Gasteiger partial charge < -0.3 is 29.2 Å². The molecule has 1 aromatic carbocycles. The van der Waals surface area contributed by atoms with Gasteiger partial charge in [0.2, 0.25) is 5.75 Å². The second-order valence-electron chi connectivity index (χ2n) is 5.72. The van der Waals surface area contributed by atoms with Crippen molar-refractivity contribution in [1.29, 1.82) is 0 Å². The Labute approximate surface area is 137 Å². The van der Waals surface area contributed by atoms with Gasteiger partial charge in [0.1, 0.15) is 17.8 Å². The molecule has 2 aliphatic rings. The van der Waals surface area contributed by atoms with E-state index in [0.717, 1.165) is 0 Å². The summed E-state index contributed by atoms with van der Waals surface area (Å²) < 4.78 is 21.5. The fourth-order valence-corrected chi connectivity index (χ4v) is 3.22. The van der Waals surface area contributed by atoms with Crippen LogP contribution in [-0.4, -0.2) is 48.6 Å². The molecular formula is C16H18O8. The molecule has 3 unspecified atom stereocenters. The third-order valence-electron chi connectivity index (χ3n) is 4.30. The zero-order valence-corrected chi connectivity index (χ0v) is 13.3. The quantitative estimate of drug-likeness (QED) is 0.780. The van der Waals surface area contributed by atoms with Gasteiger partial charge in [-0.15, -0.1) is 0 Å². The molecule has 24 heavy (non-hydrogen) atoms. The van der Waals surface area contributed by atoms with E-state index >= 15 is 0 Å². The molecule has 8 nitrogen and oxygen atoms in total. The molecule has 1 saturated heterocycles. The zero-order chi connectivity index (χ0) is 17.4. The van der Waals surface area contributed by atoms with Gasteiger partial charge in [-0.2, -0.15) is 0 Å². The maximum absolute atomic E-state index is 12.3. The molecule has 130 valence electrons. The van der Waals surface area contributed by atoms with Crippen LogP contribution in [-0.2, 0) is 14.3 Å². The van der Waals surface area contributed by atoms with Crippen LogP contribution in [0.4, 0.5) is 0 Å². The van der Waals surface area contributed by atoms with Crippen molar-refractivity contribution < 1.29 is 38.7 Å². The summed E-state index contributed by atoms with van der Waals surface area (Å²) in [4.78, 5) is 23.0. The van der Waals surface area contributed by atoms with Crippen molar-refractivity contribution in [3.05, 3.63) is 17.2 Å². The minimum Gasteiger partial charge on any atom is -0.504 e. The van der Waals surface area contributed by atoms with Crippen LogP contribution < -0.4 is 9.47 Å².